The molecule has 0 radical (unpaired) electrons. The predicted octanol–water partition coefficient (Wildman–Crippen LogP) is 2.94. The molecule has 1 aliphatic heterocycles. The largest absolute Gasteiger partial charge is 0.505 e. The van der Waals surface area contributed by atoms with Crippen LogP contribution in [0.4, 0.5) is 4.79 Å². The summed E-state index contributed by atoms with van der Waals surface area (Å²) in [7, 11) is 3.06. The molecule has 0 aromatic rings. The lowest BCUT2D eigenvalue weighted by atomic mass is 9.93. The zero-order valence-corrected chi connectivity index (χ0v) is 11.0. The third-order valence-electron chi connectivity index (χ3n) is 3.23. The van der Waals surface area contributed by atoms with E-state index in [0.717, 1.165) is 32.1 Å². The molecule has 2 atom stereocenters. The van der Waals surface area contributed by atoms with E-state index < -0.39 is 0 Å². The van der Waals surface area contributed by atoms with Crippen LogP contribution in [0.5, 0.6) is 0 Å². The van der Waals surface area contributed by atoms with E-state index in [1.807, 2.05) is 11.0 Å². The van der Waals surface area contributed by atoms with Gasteiger partial charge in [-0.1, -0.05) is 13.3 Å². The summed E-state index contributed by atoms with van der Waals surface area (Å²) in [6.07, 6.45) is 8.68. The molecule has 1 aliphatic rings. The number of nitrogens with zero attached hydrogens (tertiary/aromatic N) is 1. The quantitative estimate of drug-likeness (QED) is 0.710. The summed E-state index contributed by atoms with van der Waals surface area (Å²) in [6.45, 7) is 2.14. The molecule has 1 heterocycles. The van der Waals surface area contributed by atoms with Gasteiger partial charge in [0.15, 0.2) is 0 Å². The Morgan fingerprint density at radius 2 is 2.18 bits per heavy atom. The minimum Gasteiger partial charge on any atom is -0.505 e. The van der Waals surface area contributed by atoms with Gasteiger partial charge in [0, 0.05) is 6.04 Å². The van der Waals surface area contributed by atoms with Crippen LogP contribution in [0, 0.1) is 0 Å². The highest BCUT2D eigenvalue weighted by Crippen LogP contribution is 2.27. The first-order valence-corrected chi connectivity index (χ1v) is 6.30. The lowest BCUT2D eigenvalue weighted by Crippen LogP contribution is -2.49. The van der Waals surface area contributed by atoms with Crippen molar-refractivity contribution in [1.29, 1.82) is 0 Å². The molecule has 0 unspecified atom stereocenters. The van der Waals surface area contributed by atoms with E-state index >= 15 is 0 Å². The summed E-state index contributed by atoms with van der Waals surface area (Å²) < 4.78 is 9.83. The van der Waals surface area contributed by atoms with Crippen molar-refractivity contribution >= 4 is 6.09 Å². The number of piperidine rings is 1. The van der Waals surface area contributed by atoms with Crippen molar-refractivity contribution in [3.63, 3.8) is 0 Å². The third kappa shape index (κ3) is 3.65. The Labute approximate surface area is 104 Å². The lowest BCUT2D eigenvalue weighted by Gasteiger charge is -2.39. The van der Waals surface area contributed by atoms with Crippen LogP contribution in [0.25, 0.3) is 0 Å². The smallest absolute Gasteiger partial charge is 0.410 e. The normalized spacial score (nSPS) is 25.0. The van der Waals surface area contributed by atoms with E-state index in [1.165, 1.54) is 7.11 Å². The minimum atomic E-state index is -0.228. The van der Waals surface area contributed by atoms with Gasteiger partial charge in [-0.2, -0.15) is 0 Å². The van der Waals surface area contributed by atoms with Crippen molar-refractivity contribution in [2.45, 2.75) is 51.1 Å². The predicted molar refractivity (Wildman–Crippen MR) is 66.7 cm³/mol. The van der Waals surface area contributed by atoms with Gasteiger partial charge in [0.25, 0.3) is 0 Å². The first-order chi connectivity index (χ1) is 8.24. The average Bonchev–Trinajstić information content (AvgIpc) is 2.36. The molecule has 1 saturated heterocycles. The third-order valence-corrected chi connectivity index (χ3v) is 3.23. The molecule has 0 bridgehead atoms. The zero-order valence-electron chi connectivity index (χ0n) is 11.0. The van der Waals surface area contributed by atoms with Gasteiger partial charge in [0.2, 0.25) is 0 Å². The fourth-order valence-corrected chi connectivity index (χ4v) is 2.48. The standard InChI is InChI=1S/C13H23NO3/c1-4-6-11-7-5-8-12(9-10-16-2)14(11)13(15)17-3/h9-12H,4-8H2,1-3H3/b10-9+/t11-,12-/m0/s1. The number of likely N-dealkylation sites (tertiary alicyclic amines) is 1. The lowest BCUT2D eigenvalue weighted by molar-refractivity contribution is 0.0678. The van der Waals surface area contributed by atoms with E-state index in [1.54, 1.807) is 13.4 Å². The van der Waals surface area contributed by atoms with Crippen LogP contribution in [-0.2, 0) is 9.47 Å². The van der Waals surface area contributed by atoms with E-state index in [4.69, 9.17) is 9.47 Å². The van der Waals surface area contributed by atoms with Crippen molar-refractivity contribution in [2.75, 3.05) is 14.2 Å². The summed E-state index contributed by atoms with van der Waals surface area (Å²) in [5.41, 5.74) is 0. The molecule has 1 fully saturated rings. The highest BCUT2D eigenvalue weighted by molar-refractivity contribution is 5.68. The van der Waals surface area contributed by atoms with Crippen molar-refractivity contribution in [3.8, 4) is 0 Å². The second kappa shape index (κ2) is 7.20. The molecule has 0 aromatic carbocycles. The van der Waals surface area contributed by atoms with Crippen LogP contribution in [-0.4, -0.2) is 37.3 Å². The fourth-order valence-electron chi connectivity index (χ4n) is 2.48. The van der Waals surface area contributed by atoms with Crippen LogP contribution in [0.3, 0.4) is 0 Å². The summed E-state index contributed by atoms with van der Waals surface area (Å²) in [4.78, 5) is 13.7. The molecular weight excluding hydrogens is 218 g/mol. The summed E-state index contributed by atoms with van der Waals surface area (Å²) >= 11 is 0. The van der Waals surface area contributed by atoms with Gasteiger partial charge < -0.3 is 9.47 Å². The molecule has 1 rings (SSSR count). The second-order valence-corrected chi connectivity index (χ2v) is 4.38. The highest BCUT2D eigenvalue weighted by atomic mass is 16.5. The number of carbonyl (C=O) groups excluding carboxylic acids is 1. The van der Waals surface area contributed by atoms with Crippen LogP contribution < -0.4 is 0 Å². The van der Waals surface area contributed by atoms with Crippen molar-refractivity contribution < 1.29 is 14.3 Å². The first-order valence-electron chi connectivity index (χ1n) is 6.30. The molecule has 0 aliphatic carbocycles. The number of rotatable bonds is 4. The highest BCUT2D eigenvalue weighted by Gasteiger charge is 2.33. The van der Waals surface area contributed by atoms with E-state index in [2.05, 4.69) is 6.92 Å². The Kier molecular flexibility index (Phi) is 5.87. The fraction of sp³-hybridized carbons (Fsp3) is 0.769. The Hall–Kier alpha value is -1.19. The minimum absolute atomic E-state index is 0.104. The SMILES string of the molecule is CCC[C@H]1CCC[C@@H](/C=C/OC)N1C(=O)OC. The Bertz CT molecular complexity index is 263. The number of amides is 1. The molecule has 98 valence electrons. The molecule has 17 heavy (non-hydrogen) atoms. The molecule has 4 heteroatoms. The maximum atomic E-state index is 11.9. The van der Waals surface area contributed by atoms with Gasteiger partial charge in [0.1, 0.15) is 0 Å². The first kappa shape index (κ1) is 13.9. The van der Waals surface area contributed by atoms with Gasteiger partial charge in [0.05, 0.1) is 26.5 Å². The van der Waals surface area contributed by atoms with Crippen molar-refractivity contribution in [1.82, 2.24) is 4.90 Å². The van der Waals surface area contributed by atoms with Gasteiger partial charge >= 0.3 is 6.09 Å². The number of methoxy groups -OCH3 is 2. The van der Waals surface area contributed by atoms with Crippen LogP contribution in [0.2, 0.25) is 0 Å². The maximum Gasteiger partial charge on any atom is 0.410 e. The number of hydrogen-bond donors (Lipinski definition) is 0. The average molecular weight is 241 g/mol. The Morgan fingerprint density at radius 1 is 1.41 bits per heavy atom. The van der Waals surface area contributed by atoms with E-state index in [-0.39, 0.29) is 12.1 Å². The molecule has 1 amide bonds. The van der Waals surface area contributed by atoms with E-state index in [0.29, 0.717) is 6.04 Å². The molecule has 0 saturated carbocycles. The summed E-state index contributed by atoms with van der Waals surface area (Å²) in [6, 6.07) is 0.403. The zero-order chi connectivity index (χ0) is 12.7. The van der Waals surface area contributed by atoms with Crippen LogP contribution in [0.1, 0.15) is 39.0 Å². The second-order valence-electron chi connectivity index (χ2n) is 4.38. The van der Waals surface area contributed by atoms with Gasteiger partial charge in [-0.25, -0.2) is 4.79 Å². The Balaban J connectivity index is 2.78. The molecular formula is C13H23NO3. The Morgan fingerprint density at radius 3 is 2.76 bits per heavy atom. The topological polar surface area (TPSA) is 38.8 Å². The molecule has 0 aromatic heterocycles. The monoisotopic (exact) mass is 241 g/mol. The van der Waals surface area contributed by atoms with E-state index in [9.17, 15) is 4.79 Å². The van der Waals surface area contributed by atoms with Crippen LogP contribution in [0.15, 0.2) is 12.3 Å². The van der Waals surface area contributed by atoms with Gasteiger partial charge in [-0.15, -0.1) is 0 Å². The van der Waals surface area contributed by atoms with Gasteiger partial charge in [-0.05, 0) is 31.8 Å². The maximum absolute atomic E-state index is 11.9. The number of hydrogen-bond acceptors (Lipinski definition) is 3. The molecule has 4 nitrogen and oxygen atoms in total. The molecule has 0 spiro atoms. The number of ether oxygens (including phenoxy) is 2. The van der Waals surface area contributed by atoms with Crippen LogP contribution >= 0.6 is 0 Å². The van der Waals surface area contributed by atoms with Gasteiger partial charge in [-0.3, -0.25) is 4.90 Å². The van der Waals surface area contributed by atoms with Crippen molar-refractivity contribution in [2.24, 2.45) is 0 Å². The summed E-state index contributed by atoms with van der Waals surface area (Å²) in [5, 5.41) is 0. The number of carbonyl (C=O) groups is 1. The summed E-state index contributed by atoms with van der Waals surface area (Å²) in [5.74, 6) is 0. The van der Waals surface area contributed by atoms with Crippen molar-refractivity contribution in [3.05, 3.63) is 12.3 Å². The molecule has 0 N–H and O–H groups in total.